The number of sulfonamides is 1. The van der Waals surface area contributed by atoms with Crippen molar-refractivity contribution in [1.82, 2.24) is 0 Å². The van der Waals surface area contributed by atoms with Crippen LogP contribution in [0.5, 0.6) is 0 Å². The van der Waals surface area contributed by atoms with Crippen LogP contribution in [0, 0.1) is 0 Å². The lowest BCUT2D eigenvalue weighted by Crippen LogP contribution is -2.45. The zero-order chi connectivity index (χ0) is 20.3. The molecule has 1 saturated heterocycles. The zero-order valence-electron chi connectivity index (χ0n) is 15.9. The number of anilines is 3. The fraction of sp³-hybridized carbons (Fsp3) is 0.350. The average Bonchev–Trinajstić information content (AvgIpc) is 3.17. The molecular formula is C20H24ClN3O3S. The minimum Gasteiger partial charge on any atom is -0.372 e. The summed E-state index contributed by atoms with van der Waals surface area (Å²) in [5.74, 6) is -0.408. The van der Waals surface area contributed by atoms with Gasteiger partial charge in [-0.2, -0.15) is 0 Å². The highest BCUT2D eigenvalue weighted by atomic mass is 35.5. The minimum atomic E-state index is -3.66. The molecule has 1 aliphatic rings. The summed E-state index contributed by atoms with van der Waals surface area (Å²) in [5.41, 5.74) is 2.14. The van der Waals surface area contributed by atoms with Crippen LogP contribution in [0.4, 0.5) is 17.1 Å². The number of benzene rings is 2. The first-order valence-electron chi connectivity index (χ1n) is 9.16. The largest absolute Gasteiger partial charge is 0.372 e. The van der Waals surface area contributed by atoms with Gasteiger partial charge in [-0.1, -0.05) is 11.6 Å². The van der Waals surface area contributed by atoms with Gasteiger partial charge in [0.2, 0.25) is 15.9 Å². The average molecular weight is 422 g/mol. The van der Waals surface area contributed by atoms with Gasteiger partial charge >= 0.3 is 0 Å². The maximum absolute atomic E-state index is 12.7. The maximum Gasteiger partial charge on any atom is 0.247 e. The van der Waals surface area contributed by atoms with E-state index < -0.39 is 22.0 Å². The third-order valence-corrected chi connectivity index (χ3v) is 6.27. The Balaban J connectivity index is 1.75. The van der Waals surface area contributed by atoms with E-state index >= 15 is 0 Å². The molecule has 8 heteroatoms. The Kier molecular flexibility index (Phi) is 6.15. The molecule has 1 atom stereocenters. The van der Waals surface area contributed by atoms with Crippen molar-refractivity contribution in [1.29, 1.82) is 0 Å². The van der Waals surface area contributed by atoms with Crippen LogP contribution in [0.2, 0.25) is 5.02 Å². The van der Waals surface area contributed by atoms with Gasteiger partial charge in [0.05, 0.1) is 11.9 Å². The van der Waals surface area contributed by atoms with Crippen LogP contribution in [-0.2, 0) is 14.8 Å². The third kappa shape index (κ3) is 4.77. The highest BCUT2D eigenvalue weighted by Crippen LogP contribution is 2.25. The molecule has 0 bridgehead atoms. The first-order chi connectivity index (χ1) is 13.3. The van der Waals surface area contributed by atoms with Gasteiger partial charge < -0.3 is 10.2 Å². The highest BCUT2D eigenvalue weighted by molar-refractivity contribution is 7.92. The van der Waals surface area contributed by atoms with Gasteiger partial charge in [-0.25, -0.2) is 8.42 Å². The third-order valence-electron chi connectivity index (χ3n) is 4.78. The van der Waals surface area contributed by atoms with Gasteiger partial charge in [0.25, 0.3) is 0 Å². The van der Waals surface area contributed by atoms with Gasteiger partial charge in [0, 0.05) is 29.5 Å². The molecule has 0 radical (unpaired) electrons. The van der Waals surface area contributed by atoms with Crippen molar-refractivity contribution in [2.24, 2.45) is 0 Å². The maximum atomic E-state index is 12.7. The molecule has 1 heterocycles. The van der Waals surface area contributed by atoms with Crippen LogP contribution >= 0.6 is 11.6 Å². The number of carbonyl (C=O) groups excluding carboxylic acids is 1. The van der Waals surface area contributed by atoms with Crippen molar-refractivity contribution in [2.75, 3.05) is 33.9 Å². The fourth-order valence-corrected chi connectivity index (χ4v) is 4.68. The quantitative estimate of drug-likeness (QED) is 0.771. The van der Waals surface area contributed by atoms with E-state index in [2.05, 4.69) is 10.2 Å². The van der Waals surface area contributed by atoms with E-state index in [1.54, 1.807) is 31.2 Å². The van der Waals surface area contributed by atoms with Crippen LogP contribution in [0.1, 0.15) is 19.8 Å². The second-order valence-corrected chi connectivity index (χ2v) is 9.24. The van der Waals surface area contributed by atoms with E-state index in [-0.39, 0.29) is 0 Å². The van der Waals surface area contributed by atoms with E-state index in [0.717, 1.165) is 29.3 Å². The summed E-state index contributed by atoms with van der Waals surface area (Å²) in [4.78, 5) is 15.0. The Hall–Kier alpha value is -2.25. The molecule has 0 unspecified atom stereocenters. The Morgan fingerprint density at radius 1 is 1.07 bits per heavy atom. The summed E-state index contributed by atoms with van der Waals surface area (Å²) in [5, 5.41) is 3.30. The lowest BCUT2D eigenvalue weighted by Gasteiger charge is -2.28. The van der Waals surface area contributed by atoms with Crippen molar-refractivity contribution in [3.8, 4) is 0 Å². The zero-order valence-corrected chi connectivity index (χ0v) is 17.5. The lowest BCUT2D eigenvalue weighted by atomic mass is 10.2. The molecule has 1 N–H and O–H groups in total. The van der Waals surface area contributed by atoms with E-state index in [9.17, 15) is 13.2 Å². The molecule has 1 amide bonds. The Morgan fingerprint density at radius 3 is 2.18 bits per heavy atom. The molecule has 6 nitrogen and oxygen atoms in total. The van der Waals surface area contributed by atoms with E-state index in [0.29, 0.717) is 16.4 Å². The number of rotatable bonds is 6. The molecule has 2 aromatic carbocycles. The van der Waals surface area contributed by atoms with Crippen LogP contribution in [0.15, 0.2) is 48.5 Å². The van der Waals surface area contributed by atoms with Crippen LogP contribution in [0.3, 0.4) is 0 Å². The molecule has 150 valence electrons. The summed E-state index contributed by atoms with van der Waals surface area (Å²) in [6.45, 7) is 3.66. The highest BCUT2D eigenvalue weighted by Gasteiger charge is 2.29. The molecule has 1 aliphatic heterocycles. The Bertz CT molecular complexity index is 924. The predicted octanol–water partition coefficient (Wildman–Crippen LogP) is 3.73. The second kappa shape index (κ2) is 8.41. The normalized spacial score (nSPS) is 15.3. The van der Waals surface area contributed by atoms with Crippen molar-refractivity contribution in [3.05, 3.63) is 53.6 Å². The summed E-state index contributed by atoms with van der Waals surface area (Å²) < 4.78 is 25.7. The van der Waals surface area contributed by atoms with Crippen molar-refractivity contribution in [3.63, 3.8) is 0 Å². The number of nitrogens with one attached hydrogen (secondary N) is 1. The standard InChI is InChI=1S/C20H24ClN3O3S/c1-15(24(28(2,26)27)19-9-5-16(21)6-10-19)20(25)22-17-7-11-18(12-8-17)23-13-3-4-14-23/h5-12,15H,3-4,13-14H2,1-2H3,(H,22,25)/t15-/m1/s1. The molecule has 0 saturated carbocycles. The Morgan fingerprint density at radius 2 is 1.64 bits per heavy atom. The summed E-state index contributed by atoms with van der Waals surface area (Å²) >= 11 is 5.89. The number of halogens is 1. The minimum absolute atomic E-state index is 0.388. The van der Waals surface area contributed by atoms with Gasteiger partial charge in [-0.05, 0) is 68.3 Å². The fourth-order valence-electron chi connectivity index (χ4n) is 3.37. The first kappa shape index (κ1) is 20.5. The van der Waals surface area contributed by atoms with Crippen LogP contribution < -0.4 is 14.5 Å². The smallest absolute Gasteiger partial charge is 0.247 e. The van der Waals surface area contributed by atoms with Gasteiger partial charge in [-0.15, -0.1) is 0 Å². The van der Waals surface area contributed by atoms with Crippen molar-refractivity contribution in [2.45, 2.75) is 25.8 Å². The second-order valence-electron chi connectivity index (χ2n) is 6.94. The number of carbonyl (C=O) groups is 1. The first-order valence-corrected chi connectivity index (χ1v) is 11.4. The molecule has 28 heavy (non-hydrogen) atoms. The van der Waals surface area contributed by atoms with E-state index in [1.807, 2.05) is 24.3 Å². The van der Waals surface area contributed by atoms with E-state index in [1.165, 1.54) is 12.8 Å². The van der Waals surface area contributed by atoms with Gasteiger partial charge in [-0.3, -0.25) is 9.10 Å². The SMILES string of the molecule is C[C@H](C(=O)Nc1ccc(N2CCCC2)cc1)N(c1ccc(Cl)cc1)S(C)(=O)=O. The summed E-state index contributed by atoms with van der Waals surface area (Å²) in [6, 6.07) is 13.0. The number of amides is 1. The number of hydrogen-bond donors (Lipinski definition) is 1. The number of nitrogens with zero attached hydrogens (tertiary/aromatic N) is 2. The van der Waals surface area contributed by atoms with Crippen molar-refractivity contribution < 1.29 is 13.2 Å². The Labute approximate surface area is 171 Å². The molecule has 3 rings (SSSR count). The van der Waals surface area contributed by atoms with E-state index in [4.69, 9.17) is 11.6 Å². The number of hydrogen-bond acceptors (Lipinski definition) is 4. The van der Waals surface area contributed by atoms with Crippen LogP contribution in [0.25, 0.3) is 0 Å². The molecule has 0 aliphatic carbocycles. The predicted molar refractivity (Wildman–Crippen MR) is 115 cm³/mol. The van der Waals surface area contributed by atoms with Crippen LogP contribution in [-0.4, -0.2) is 39.7 Å². The molecule has 1 fully saturated rings. The van der Waals surface area contributed by atoms with Gasteiger partial charge in [0.15, 0.2) is 0 Å². The molecular weight excluding hydrogens is 398 g/mol. The molecule has 2 aromatic rings. The van der Waals surface area contributed by atoms with Crippen molar-refractivity contribution >= 4 is 44.6 Å². The topological polar surface area (TPSA) is 69.7 Å². The molecule has 0 spiro atoms. The molecule has 0 aromatic heterocycles. The van der Waals surface area contributed by atoms with Gasteiger partial charge in [0.1, 0.15) is 6.04 Å². The lowest BCUT2D eigenvalue weighted by molar-refractivity contribution is -0.116. The monoisotopic (exact) mass is 421 g/mol. The summed E-state index contributed by atoms with van der Waals surface area (Å²) in [7, 11) is -3.66. The summed E-state index contributed by atoms with van der Waals surface area (Å²) in [6.07, 6.45) is 3.47.